The summed E-state index contributed by atoms with van der Waals surface area (Å²) in [6, 6.07) is 7.95. The van der Waals surface area contributed by atoms with Crippen LogP contribution in [0.15, 0.2) is 47.4 Å². The van der Waals surface area contributed by atoms with Crippen LogP contribution in [0.1, 0.15) is 24.2 Å². The molecule has 0 unspecified atom stereocenters. The summed E-state index contributed by atoms with van der Waals surface area (Å²) >= 11 is 0. The quantitative estimate of drug-likeness (QED) is 0.656. The molecule has 0 spiro atoms. The third-order valence-electron chi connectivity index (χ3n) is 3.95. The Morgan fingerprint density at radius 1 is 1.07 bits per heavy atom. The maximum absolute atomic E-state index is 13.5. The standard InChI is InChI=1S/C19H20F2N2O5S/c1-3-23(4-2)29(26,27)15-7-5-6-14(11-15)22-18(24)12-28-19(25)16-9-8-13(20)10-17(16)21/h5-11H,3-4,12H2,1-2H3,(H,22,24). The third-order valence-corrected chi connectivity index (χ3v) is 5.99. The van der Waals surface area contributed by atoms with E-state index in [9.17, 15) is 26.8 Å². The van der Waals surface area contributed by atoms with E-state index in [0.717, 1.165) is 12.1 Å². The first kappa shape index (κ1) is 22.4. The molecule has 0 saturated carbocycles. The van der Waals surface area contributed by atoms with Crippen molar-refractivity contribution in [1.82, 2.24) is 4.31 Å². The SMILES string of the molecule is CCN(CC)S(=O)(=O)c1cccc(NC(=O)COC(=O)c2ccc(F)cc2F)c1. The molecule has 1 N–H and O–H groups in total. The Bertz CT molecular complexity index is 1010. The van der Waals surface area contributed by atoms with E-state index in [1.807, 2.05) is 0 Å². The highest BCUT2D eigenvalue weighted by Crippen LogP contribution is 2.19. The maximum atomic E-state index is 13.5. The van der Waals surface area contributed by atoms with Gasteiger partial charge in [-0.3, -0.25) is 4.79 Å². The van der Waals surface area contributed by atoms with E-state index < -0.39 is 45.7 Å². The van der Waals surface area contributed by atoms with E-state index in [1.54, 1.807) is 13.8 Å². The summed E-state index contributed by atoms with van der Waals surface area (Å²) in [7, 11) is -3.71. The number of anilines is 1. The number of nitrogens with one attached hydrogen (secondary N) is 1. The highest BCUT2D eigenvalue weighted by molar-refractivity contribution is 7.89. The highest BCUT2D eigenvalue weighted by atomic mass is 32.2. The van der Waals surface area contributed by atoms with Crippen molar-refractivity contribution in [2.45, 2.75) is 18.7 Å². The summed E-state index contributed by atoms with van der Waals surface area (Å²) in [5.41, 5.74) is -0.321. The Morgan fingerprint density at radius 3 is 2.38 bits per heavy atom. The van der Waals surface area contributed by atoms with Crippen molar-refractivity contribution in [1.29, 1.82) is 0 Å². The number of benzene rings is 2. The van der Waals surface area contributed by atoms with Crippen LogP contribution in [-0.2, 0) is 19.6 Å². The number of sulfonamides is 1. The van der Waals surface area contributed by atoms with Crippen LogP contribution in [0.2, 0.25) is 0 Å². The summed E-state index contributed by atoms with van der Waals surface area (Å²) in [4.78, 5) is 23.8. The molecule has 0 aliphatic heterocycles. The van der Waals surface area contributed by atoms with Gasteiger partial charge >= 0.3 is 5.97 Å². The second-order valence-electron chi connectivity index (χ2n) is 5.87. The third kappa shape index (κ3) is 5.58. The monoisotopic (exact) mass is 426 g/mol. The molecule has 0 fully saturated rings. The van der Waals surface area contributed by atoms with Gasteiger partial charge in [-0.1, -0.05) is 19.9 Å². The lowest BCUT2D eigenvalue weighted by Gasteiger charge is -2.18. The van der Waals surface area contributed by atoms with Crippen LogP contribution in [0.4, 0.5) is 14.5 Å². The molecule has 1 amide bonds. The first-order valence-electron chi connectivity index (χ1n) is 8.71. The molecule has 10 heteroatoms. The molecule has 2 aromatic rings. The molecule has 0 atom stereocenters. The van der Waals surface area contributed by atoms with Crippen LogP contribution in [0.3, 0.4) is 0 Å². The molecule has 0 heterocycles. The van der Waals surface area contributed by atoms with E-state index in [4.69, 9.17) is 4.74 Å². The molecule has 0 saturated heterocycles. The number of rotatable bonds is 8. The maximum Gasteiger partial charge on any atom is 0.341 e. The average Bonchev–Trinajstić information content (AvgIpc) is 2.67. The first-order chi connectivity index (χ1) is 13.7. The molecule has 0 bridgehead atoms. The highest BCUT2D eigenvalue weighted by Gasteiger charge is 2.22. The Labute approximate surface area is 167 Å². The van der Waals surface area contributed by atoms with Gasteiger partial charge in [0.2, 0.25) is 10.0 Å². The number of hydrogen-bond acceptors (Lipinski definition) is 5. The number of carbonyl (C=O) groups excluding carboxylic acids is 2. The molecule has 0 radical (unpaired) electrons. The zero-order valence-electron chi connectivity index (χ0n) is 15.8. The topological polar surface area (TPSA) is 92.8 Å². The normalized spacial score (nSPS) is 11.3. The molecule has 29 heavy (non-hydrogen) atoms. The second kappa shape index (κ2) is 9.57. The van der Waals surface area contributed by atoms with Gasteiger partial charge in [0.05, 0.1) is 10.5 Å². The van der Waals surface area contributed by atoms with E-state index >= 15 is 0 Å². The summed E-state index contributed by atoms with van der Waals surface area (Å²) in [5, 5.41) is 2.41. The van der Waals surface area contributed by atoms with Crippen molar-refractivity contribution < 1.29 is 31.5 Å². The van der Waals surface area contributed by atoms with Gasteiger partial charge in [0.15, 0.2) is 6.61 Å². The van der Waals surface area contributed by atoms with E-state index in [1.165, 1.54) is 28.6 Å². The van der Waals surface area contributed by atoms with Gasteiger partial charge in [-0.05, 0) is 30.3 Å². The van der Waals surface area contributed by atoms with Gasteiger partial charge in [0, 0.05) is 24.8 Å². The van der Waals surface area contributed by atoms with Crippen molar-refractivity contribution in [2.75, 3.05) is 25.0 Å². The number of halogens is 2. The smallest absolute Gasteiger partial charge is 0.341 e. The van der Waals surface area contributed by atoms with Crippen LogP contribution in [0, 0.1) is 11.6 Å². The number of esters is 1. The minimum absolute atomic E-state index is 0.00405. The minimum Gasteiger partial charge on any atom is -0.452 e. The Kier molecular flexibility index (Phi) is 7.40. The zero-order valence-corrected chi connectivity index (χ0v) is 16.6. The minimum atomic E-state index is -3.71. The summed E-state index contributed by atoms with van der Waals surface area (Å²) in [5.74, 6) is -3.84. The molecule has 7 nitrogen and oxygen atoms in total. The number of ether oxygens (including phenoxy) is 1. The van der Waals surface area contributed by atoms with Crippen LogP contribution in [0.5, 0.6) is 0 Å². The molecule has 0 aliphatic carbocycles. The number of nitrogens with zero attached hydrogens (tertiary/aromatic N) is 1. The fourth-order valence-corrected chi connectivity index (χ4v) is 4.01. The Morgan fingerprint density at radius 2 is 1.76 bits per heavy atom. The molecule has 0 aromatic heterocycles. The fourth-order valence-electron chi connectivity index (χ4n) is 2.51. The second-order valence-corrected chi connectivity index (χ2v) is 7.80. The van der Waals surface area contributed by atoms with Gasteiger partial charge < -0.3 is 10.1 Å². The predicted octanol–water partition coefficient (Wildman–Crippen LogP) is 2.79. The number of hydrogen-bond donors (Lipinski definition) is 1. The summed E-state index contributed by atoms with van der Waals surface area (Å²) in [6.07, 6.45) is 0. The first-order valence-corrected chi connectivity index (χ1v) is 10.1. The molecule has 2 rings (SSSR count). The van der Waals surface area contributed by atoms with Gasteiger partial charge in [0.1, 0.15) is 11.6 Å². The molecule has 2 aromatic carbocycles. The van der Waals surface area contributed by atoms with Crippen molar-refractivity contribution in [3.05, 3.63) is 59.7 Å². The molecular formula is C19H20F2N2O5S. The molecule has 156 valence electrons. The summed E-state index contributed by atoms with van der Waals surface area (Å²) in [6.45, 7) is 3.29. The van der Waals surface area contributed by atoms with Crippen LogP contribution in [-0.4, -0.2) is 44.3 Å². The van der Waals surface area contributed by atoms with Crippen LogP contribution < -0.4 is 5.32 Å². The van der Waals surface area contributed by atoms with E-state index in [-0.39, 0.29) is 10.6 Å². The largest absolute Gasteiger partial charge is 0.452 e. The van der Waals surface area contributed by atoms with Crippen molar-refractivity contribution >= 4 is 27.6 Å². The molecule has 0 aliphatic rings. The lowest BCUT2D eigenvalue weighted by molar-refractivity contribution is -0.119. The predicted molar refractivity (Wildman–Crippen MR) is 102 cm³/mol. The van der Waals surface area contributed by atoms with E-state index in [0.29, 0.717) is 19.2 Å². The van der Waals surface area contributed by atoms with Crippen molar-refractivity contribution in [3.8, 4) is 0 Å². The van der Waals surface area contributed by atoms with Gasteiger partial charge in [-0.15, -0.1) is 0 Å². The van der Waals surface area contributed by atoms with Gasteiger partial charge in [-0.2, -0.15) is 4.31 Å². The number of amides is 1. The Balaban J connectivity index is 2.03. The van der Waals surface area contributed by atoms with Crippen molar-refractivity contribution in [3.63, 3.8) is 0 Å². The molecular weight excluding hydrogens is 406 g/mol. The fraction of sp³-hybridized carbons (Fsp3) is 0.263. The van der Waals surface area contributed by atoms with Crippen LogP contribution >= 0.6 is 0 Å². The van der Waals surface area contributed by atoms with Crippen LogP contribution in [0.25, 0.3) is 0 Å². The average molecular weight is 426 g/mol. The van der Waals surface area contributed by atoms with Gasteiger partial charge in [0.25, 0.3) is 5.91 Å². The van der Waals surface area contributed by atoms with E-state index in [2.05, 4.69) is 5.32 Å². The summed E-state index contributed by atoms with van der Waals surface area (Å²) < 4.78 is 57.5. The lowest BCUT2D eigenvalue weighted by Crippen LogP contribution is -2.30. The lowest BCUT2D eigenvalue weighted by atomic mass is 10.2. The zero-order chi connectivity index (χ0) is 21.6. The number of carbonyl (C=O) groups is 2. The van der Waals surface area contributed by atoms with Crippen molar-refractivity contribution in [2.24, 2.45) is 0 Å². The Hall–Kier alpha value is -2.85. The van der Waals surface area contributed by atoms with Gasteiger partial charge in [-0.25, -0.2) is 22.0 Å².